The molecule has 0 aliphatic heterocycles. The molecule has 0 amide bonds. The SMILES string of the molecule is c1ccc(-c2nc(-c3ccccc3)nc(-n3c4cccc5ccc6cc(-c7cc8ccc9cccc%10c9c8c(c7)n%10-c7ccccc7)cc3c6c54)n2)cc1. The Morgan fingerprint density at radius 1 is 0.296 bits per heavy atom. The molecule has 5 nitrogen and oxygen atoms in total. The first-order chi connectivity index (χ1) is 26.8. The fourth-order valence-corrected chi connectivity index (χ4v) is 8.69. The summed E-state index contributed by atoms with van der Waals surface area (Å²) in [6, 6.07) is 62.6. The van der Waals surface area contributed by atoms with Crippen LogP contribution < -0.4 is 0 Å². The van der Waals surface area contributed by atoms with Crippen LogP contribution >= 0.6 is 0 Å². The van der Waals surface area contributed by atoms with Gasteiger partial charge in [0.25, 0.3) is 0 Å². The zero-order valence-corrected chi connectivity index (χ0v) is 29.0. The van der Waals surface area contributed by atoms with Gasteiger partial charge >= 0.3 is 0 Å². The summed E-state index contributed by atoms with van der Waals surface area (Å²) in [5, 5.41) is 9.88. The summed E-state index contributed by atoms with van der Waals surface area (Å²) >= 11 is 0. The molecule has 0 radical (unpaired) electrons. The third-order valence-electron chi connectivity index (χ3n) is 11.0. The maximum Gasteiger partial charge on any atom is 0.238 e. The van der Waals surface area contributed by atoms with Crippen molar-refractivity contribution in [2.75, 3.05) is 0 Å². The number of aromatic nitrogens is 5. The number of benzene rings is 9. The summed E-state index contributed by atoms with van der Waals surface area (Å²) in [7, 11) is 0. The molecule has 12 aromatic rings. The van der Waals surface area contributed by atoms with Crippen molar-refractivity contribution >= 4 is 65.2 Å². The van der Waals surface area contributed by atoms with Gasteiger partial charge in [0.2, 0.25) is 5.95 Å². The predicted molar refractivity (Wildman–Crippen MR) is 222 cm³/mol. The molecule has 5 heteroatoms. The fraction of sp³-hybridized carbons (Fsp3) is 0. The predicted octanol–water partition coefficient (Wildman–Crippen LogP) is 12.2. The molecule has 9 aromatic carbocycles. The highest BCUT2D eigenvalue weighted by molar-refractivity contribution is 6.27. The second-order valence-electron chi connectivity index (χ2n) is 14.1. The van der Waals surface area contributed by atoms with Gasteiger partial charge in [-0.25, -0.2) is 4.98 Å². The molecule has 54 heavy (non-hydrogen) atoms. The van der Waals surface area contributed by atoms with E-state index in [1.807, 2.05) is 36.4 Å². The smallest absolute Gasteiger partial charge is 0.238 e. The van der Waals surface area contributed by atoms with Gasteiger partial charge in [-0.05, 0) is 81.2 Å². The summed E-state index contributed by atoms with van der Waals surface area (Å²) in [6.07, 6.45) is 0. The number of para-hydroxylation sites is 1. The first kappa shape index (κ1) is 29.2. The standard InChI is InChI=1S/C49H29N5/c1-4-12-32(13-5-1)47-50-48(33-14-6-2-7-15-33)52-49(51-47)54-40-21-11-17-31-23-25-35-27-37(29-42(54)46(35)44(31)40)36-26-34-24-22-30-16-10-20-39-43(30)45(34)41(28-36)53(39)38-18-8-3-9-19-38/h1-29H. The maximum absolute atomic E-state index is 5.21. The van der Waals surface area contributed by atoms with Crippen LogP contribution in [0.1, 0.15) is 0 Å². The minimum Gasteiger partial charge on any atom is -0.309 e. The Labute approximate surface area is 309 Å². The fourth-order valence-electron chi connectivity index (χ4n) is 8.69. The lowest BCUT2D eigenvalue weighted by Gasteiger charge is -2.12. The van der Waals surface area contributed by atoms with Crippen LogP contribution in [0.2, 0.25) is 0 Å². The van der Waals surface area contributed by atoms with E-state index in [0.717, 1.165) is 39.0 Å². The van der Waals surface area contributed by atoms with Crippen LogP contribution in [-0.4, -0.2) is 24.1 Å². The van der Waals surface area contributed by atoms with E-state index in [1.165, 1.54) is 54.1 Å². The number of hydrogen-bond donors (Lipinski definition) is 0. The second-order valence-corrected chi connectivity index (χ2v) is 14.1. The highest BCUT2D eigenvalue weighted by Gasteiger charge is 2.23. The van der Waals surface area contributed by atoms with Gasteiger partial charge in [0, 0.05) is 38.4 Å². The molecular formula is C49H29N5. The van der Waals surface area contributed by atoms with Gasteiger partial charge in [-0.15, -0.1) is 0 Å². The van der Waals surface area contributed by atoms with Gasteiger partial charge in [0.15, 0.2) is 11.6 Å². The highest BCUT2D eigenvalue weighted by atomic mass is 15.2. The van der Waals surface area contributed by atoms with Crippen LogP contribution in [0.4, 0.5) is 0 Å². The Bertz CT molecular complexity index is 3300. The van der Waals surface area contributed by atoms with Gasteiger partial charge in [-0.1, -0.05) is 127 Å². The van der Waals surface area contributed by atoms with Crippen LogP contribution in [0.25, 0.3) is 111 Å². The molecule has 3 aromatic heterocycles. The van der Waals surface area contributed by atoms with Crippen molar-refractivity contribution in [2.45, 2.75) is 0 Å². The van der Waals surface area contributed by atoms with Crippen LogP contribution in [0.15, 0.2) is 176 Å². The van der Waals surface area contributed by atoms with Gasteiger partial charge in [0.1, 0.15) is 0 Å². The molecule has 0 bridgehead atoms. The minimum atomic E-state index is 0.593. The molecule has 0 saturated heterocycles. The van der Waals surface area contributed by atoms with Crippen molar-refractivity contribution in [2.24, 2.45) is 0 Å². The summed E-state index contributed by atoms with van der Waals surface area (Å²) in [6.45, 7) is 0. The highest BCUT2D eigenvalue weighted by Crippen LogP contribution is 2.44. The van der Waals surface area contributed by atoms with Crippen molar-refractivity contribution in [3.05, 3.63) is 176 Å². The Morgan fingerprint density at radius 2 is 0.741 bits per heavy atom. The number of rotatable bonds is 5. The van der Waals surface area contributed by atoms with E-state index in [4.69, 9.17) is 15.0 Å². The van der Waals surface area contributed by atoms with E-state index >= 15 is 0 Å². The zero-order valence-electron chi connectivity index (χ0n) is 29.0. The van der Waals surface area contributed by atoms with Crippen molar-refractivity contribution in [3.63, 3.8) is 0 Å². The van der Waals surface area contributed by atoms with Gasteiger partial charge in [0.05, 0.1) is 22.1 Å². The van der Waals surface area contributed by atoms with E-state index in [1.54, 1.807) is 0 Å². The molecule has 3 heterocycles. The Morgan fingerprint density at radius 3 is 1.28 bits per heavy atom. The molecule has 0 spiro atoms. The quantitative estimate of drug-likeness (QED) is 0.169. The summed E-state index contributed by atoms with van der Waals surface area (Å²) in [5.41, 5.74) is 9.88. The second kappa shape index (κ2) is 11.1. The minimum absolute atomic E-state index is 0.593. The normalized spacial score (nSPS) is 12.1. The monoisotopic (exact) mass is 687 g/mol. The summed E-state index contributed by atoms with van der Waals surface area (Å²) < 4.78 is 4.66. The molecule has 0 fully saturated rings. The van der Waals surface area contributed by atoms with Crippen LogP contribution in [0.5, 0.6) is 0 Å². The Balaban J connectivity index is 1.16. The molecule has 0 unspecified atom stereocenters. The molecule has 0 aliphatic carbocycles. The molecule has 0 atom stereocenters. The number of nitrogens with zero attached hydrogens (tertiary/aromatic N) is 5. The lowest BCUT2D eigenvalue weighted by Crippen LogP contribution is -2.06. The molecule has 0 saturated carbocycles. The topological polar surface area (TPSA) is 48.5 Å². The van der Waals surface area contributed by atoms with E-state index < -0.39 is 0 Å². The molecular weight excluding hydrogens is 659 g/mol. The lowest BCUT2D eigenvalue weighted by atomic mass is 9.94. The lowest BCUT2D eigenvalue weighted by molar-refractivity contribution is 0.954. The Hall–Kier alpha value is -7.37. The van der Waals surface area contributed by atoms with Gasteiger partial charge < -0.3 is 4.57 Å². The zero-order chi connectivity index (χ0) is 35.3. The van der Waals surface area contributed by atoms with Crippen molar-refractivity contribution in [1.29, 1.82) is 0 Å². The van der Waals surface area contributed by atoms with Crippen molar-refractivity contribution in [1.82, 2.24) is 24.1 Å². The third-order valence-corrected chi connectivity index (χ3v) is 11.0. The van der Waals surface area contributed by atoms with Gasteiger partial charge in [-0.3, -0.25) is 4.57 Å². The van der Waals surface area contributed by atoms with Crippen molar-refractivity contribution in [3.8, 4) is 45.5 Å². The van der Waals surface area contributed by atoms with Crippen LogP contribution in [0, 0.1) is 0 Å². The molecule has 12 rings (SSSR count). The van der Waals surface area contributed by atoms with Crippen LogP contribution in [-0.2, 0) is 0 Å². The van der Waals surface area contributed by atoms with Crippen LogP contribution in [0.3, 0.4) is 0 Å². The molecule has 0 N–H and O–H groups in total. The maximum atomic E-state index is 5.21. The van der Waals surface area contributed by atoms with E-state index in [0.29, 0.717) is 17.6 Å². The van der Waals surface area contributed by atoms with Crippen molar-refractivity contribution < 1.29 is 0 Å². The van der Waals surface area contributed by atoms with E-state index in [9.17, 15) is 0 Å². The van der Waals surface area contributed by atoms with E-state index in [2.05, 4.69) is 149 Å². The molecule has 0 aliphatic rings. The Kier molecular flexibility index (Phi) is 5.99. The average molecular weight is 688 g/mol. The number of hydrogen-bond acceptors (Lipinski definition) is 3. The third kappa shape index (κ3) is 4.18. The summed E-state index contributed by atoms with van der Waals surface area (Å²) in [4.78, 5) is 15.4. The summed E-state index contributed by atoms with van der Waals surface area (Å²) in [5.74, 6) is 1.87. The largest absolute Gasteiger partial charge is 0.309 e. The first-order valence-electron chi connectivity index (χ1n) is 18.3. The average Bonchev–Trinajstić information content (AvgIpc) is 3.77. The molecule has 250 valence electrons. The van der Waals surface area contributed by atoms with E-state index in [-0.39, 0.29) is 0 Å². The van der Waals surface area contributed by atoms with Gasteiger partial charge in [-0.2, -0.15) is 9.97 Å². The first-order valence-corrected chi connectivity index (χ1v) is 18.3.